The van der Waals surface area contributed by atoms with Gasteiger partial charge in [0.25, 0.3) is 0 Å². The molecule has 1 aromatic heterocycles. The van der Waals surface area contributed by atoms with Crippen LogP contribution in [-0.2, 0) is 17.9 Å². The molecule has 0 spiro atoms. The standard InChI is InChI=1S/C18H21FN2O3/c1-18(2,3)24-17(22)21-11-14-6-9-16(20-10-14)23-12-13-4-7-15(19)8-5-13/h4-10H,11-12H2,1-3H3,(H,21,22). The molecule has 0 bridgehead atoms. The normalized spacial score (nSPS) is 11.0. The molecule has 1 aromatic carbocycles. The summed E-state index contributed by atoms with van der Waals surface area (Å²) in [6.45, 7) is 6.05. The Labute approximate surface area is 140 Å². The number of ether oxygens (including phenoxy) is 2. The van der Waals surface area contributed by atoms with Gasteiger partial charge in [0.1, 0.15) is 18.0 Å². The Kier molecular flexibility index (Phi) is 5.73. The van der Waals surface area contributed by atoms with Gasteiger partial charge in [0.2, 0.25) is 5.88 Å². The molecule has 0 aliphatic heterocycles. The fourth-order valence-corrected chi connectivity index (χ4v) is 1.83. The summed E-state index contributed by atoms with van der Waals surface area (Å²) in [6.07, 6.45) is 1.15. The molecular weight excluding hydrogens is 311 g/mol. The third-order valence-electron chi connectivity index (χ3n) is 2.93. The van der Waals surface area contributed by atoms with Crippen LogP contribution in [-0.4, -0.2) is 16.7 Å². The predicted octanol–water partition coefficient (Wildman–Crippen LogP) is 3.82. The third kappa shape index (κ3) is 6.24. The van der Waals surface area contributed by atoms with E-state index in [1.165, 1.54) is 12.1 Å². The van der Waals surface area contributed by atoms with Crippen LogP contribution in [0, 0.1) is 5.82 Å². The van der Waals surface area contributed by atoms with Gasteiger partial charge in [-0.3, -0.25) is 0 Å². The number of rotatable bonds is 5. The van der Waals surface area contributed by atoms with E-state index in [4.69, 9.17) is 9.47 Å². The number of hydrogen-bond donors (Lipinski definition) is 1. The second-order valence-corrected chi connectivity index (χ2v) is 6.28. The molecular formula is C18H21FN2O3. The van der Waals surface area contributed by atoms with Crippen LogP contribution in [0.1, 0.15) is 31.9 Å². The van der Waals surface area contributed by atoms with E-state index in [9.17, 15) is 9.18 Å². The van der Waals surface area contributed by atoms with Crippen LogP contribution in [0.4, 0.5) is 9.18 Å². The van der Waals surface area contributed by atoms with Gasteiger partial charge in [0.05, 0.1) is 0 Å². The highest BCUT2D eigenvalue weighted by Crippen LogP contribution is 2.11. The number of nitrogens with one attached hydrogen (secondary N) is 1. The minimum atomic E-state index is -0.527. The van der Waals surface area contributed by atoms with Gasteiger partial charge in [-0.25, -0.2) is 14.2 Å². The number of hydrogen-bond acceptors (Lipinski definition) is 4. The summed E-state index contributed by atoms with van der Waals surface area (Å²) in [4.78, 5) is 15.8. The molecule has 128 valence electrons. The maximum Gasteiger partial charge on any atom is 0.407 e. The lowest BCUT2D eigenvalue weighted by molar-refractivity contribution is 0.0523. The second-order valence-electron chi connectivity index (χ2n) is 6.28. The van der Waals surface area contributed by atoms with Crippen molar-refractivity contribution >= 4 is 6.09 Å². The monoisotopic (exact) mass is 332 g/mol. The average Bonchev–Trinajstić information content (AvgIpc) is 2.52. The number of benzene rings is 1. The first-order chi connectivity index (χ1) is 11.3. The molecule has 0 saturated carbocycles. The van der Waals surface area contributed by atoms with E-state index in [0.717, 1.165) is 11.1 Å². The third-order valence-corrected chi connectivity index (χ3v) is 2.93. The average molecular weight is 332 g/mol. The number of alkyl carbamates (subject to hydrolysis) is 1. The number of aromatic nitrogens is 1. The van der Waals surface area contributed by atoms with Crippen LogP contribution < -0.4 is 10.1 Å². The van der Waals surface area contributed by atoms with E-state index < -0.39 is 11.7 Å². The van der Waals surface area contributed by atoms with Crippen LogP contribution in [0.3, 0.4) is 0 Å². The van der Waals surface area contributed by atoms with Gasteiger partial charge in [-0.05, 0) is 44.0 Å². The Bertz CT molecular complexity index is 664. The van der Waals surface area contributed by atoms with Crippen molar-refractivity contribution in [2.45, 2.75) is 39.5 Å². The summed E-state index contributed by atoms with van der Waals surface area (Å²) in [5, 5.41) is 2.66. The van der Waals surface area contributed by atoms with Crippen molar-refractivity contribution in [2.75, 3.05) is 0 Å². The summed E-state index contributed by atoms with van der Waals surface area (Å²) in [7, 11) is 0. The molecule has 6 heteroatoms. The number of amides is 1. The summed E-state index contributed by atoms with van der Waals surface area (Å²) >= 11 is 0. The van der Waals surface area contributed by atoms with E-state index in [1.807, 2.05) is 6.07 Å². The van der Waals surface area contributed by atoms with E-state index in [0.29, 0.717) is 19.0 Å². The van der Waals surface area contributed by atoms with E-state index in [2.05, 4.69) is 10.3 Å². The smallest absolute Gasteiger partial charge is 0.407 e. The molecule has 2 rings (SSSR count). The Balaban J connectivity index is 1.80. The summed E-state index contributed by atoms with van der Waals surface area (Å²) in [5.41, 5.74) is 1.16. The van der Waals surface area contributed by atoms with E-state index >= 15 is 0 Å². The van der Waals surface area contributed by atoms with Gasteiger partial charge in [-0.2, -0.15) is 0 Å². The van der Waals surface area contributed by atoms with E-state index in [-0.39, 0.29) is 5.82 Å². The molecule has 0 fully saturated rings. The fourth-order valence-electron chi connectivity index (χ4n) is 1.83. The molecule has 5 nitrogen and oxygen atoms in total. The number of carbonyl (C=O) groups excluding carboxylic acids is 1. The highest BCUT2D eigenvalue weighted by Gasteiger charge is 2.15. The number of pyridine rings is 1. The zero-order valence-electron chi connectivity index (χ0n) is 14.0. The molecule has 24 heavy (non-hydrogen) atoms. The number of nitrogens with zero attached hydrogens (tertiary/aromatic N) is 1. The minimum Gasteiger partial charge on any atom is -0.473 e. The van der Waals surface area contributed by atoms with Gasteiger partial charge >= 0.3 is 6.09 Å². The van der Waals surface area contributed by atoms with E-state index in [1.54, 1.807) is 45.2 Å². The molecule has 0 aliphatic carbocycles. The lowest BCUT2D eigenvalue weighted by Crippen LogP contribution is -2.32. The maximum absolute atomic E-state index is 12.8. The first-order valence-electron chi connectivity index (χ1n) is 7.61. The quantitative estimate of drug-likeness (QED) is 0.904. The maximum atomic E-state index is 12.8. The van der Waals surface area contributed by atoms with Gasteiger partial charge in [-0.15, -0.1) is 0 Å². The van der Waals surface area contributed by atoms with Crippen LogP contribution in [0.15, 0.2) is 42.6 Å². The second kappa shape index (κ2) is 7.77. The van der Waals surface area contributed by atoms with Crippen molar-refractivity contribution in [1.82, 2.24) is 10.3 Å². The van der Waals surface area contributed by atoms with Crippen molar-refractivity contribution in [3.63, 3.8) is 0 Å². The molecule has 1 amide bonds. The zero-order valence-corrected chi connectivity index (χ0v) is 14.0. The highest BCUT2D eigenvalue weighted by molar-refractivity contribution is 5.67. The molecule has 2 aromatic rings. The number of carbonyl (C=O) groups is 1. The Morgan fingerprint density at radius 2 is 1.79 bits per heavy atom. The first-order valence-corrected chi connectivity index (χ1v) is 7.61. The summed E-state index contributed by atoms with van der Waals surface area (Å²) in [6, 6.07) is 9.62. The topological polar surface area (TPSA) is 60.5 Å². The van der Waals surface area contributed by atoms with Gasteiger partial charge in [0.15, 0.2) is 0 Å². The Morgan fingerprint density at radius 1 is 1.12 bits per heavy atom. The fraction of sp³-hybridized carbons (Fsp3) is 0.333. The lowest BCUT2D eigenvalue weighted by atomic mass is 10.2. The highest BCUT2D eigenvalue weighted by atomic mass is 19.1. The largest absolute Gasteiger partial charge is 0.473 e. The molecule has 0 saturated heterocycles. The molecule has 1 N–H and O–H groups in total. The van der Waals surface area contributed by atoms with Crippen molar-refractivity contribution in [3.8, 4) is 5.88 Å². The van der Waals surface area contributed by atoms with Crippen molar-refractivity contribution in [1.29, 1.82) is 0 Å². The Morgan fingerprint density at radius 3 is 2.38 bits per heavy atom. The van der Waals surface area contributed by atoms with Gasteiger partial charge < -0.3 is 14.8 Å². The lowest BCUT2D eigenvalue weighted by Gasteiger charge is -2.19. The van der Waals surface area contributed by atoms with Gasteiger partial charge in [-0.1, -0.05) is 18.2 Å². The molecule has 0 atom stereocenters. The zero-order chi connectivity index (χ0) is 17.6. The van der Waals surface area contributed by atoms with Crippen molar-refractivity contribution in [3.05, 3.63) is 59.5 Å². The van der Waals surface area contributed by atoms with Crippen LogP contribution in [0.5, 0.6) is 5.88 Å². The minimum absolute atomic E-state index is 0.279. The van der Waals surface area contributed by atoms with Crippen LogP contribution in [0.2, 0.25) is 0 Å². The van der Waals surface area contributed by atoms with Gasteiger partial charge in [0, 0.05) is 18.8 Å². The van der Waals surface area contributed by atoms with Crippen LogP contribution in [0.25, 0.3) is 0 Å². The summed E-state index contributed by atoms with van der Waals surface area (Å²) < 4.78 is 23.5. The SMILES string of the molecule is CC(C)(C)OC(=O)NCc1ccc(OCc2ccc(F)cc2)nc1. The summed E-state index contributed by atoms with van der Waals surface area (Å²) in [5.74, 6) is 0.180. The Hall–Kier alpha value is -2.63. The van der Waals surface area contributed by atoms with Crippen molar-refractivity contribution < 1.29 is 18.7 Å². The van der Waals surface area contributed by atoms with Crippen LogP contribution >= 0.6 is 0 Å². The first kappa shape index (κ1) is 17.7. The molecule has 0 radical (unpaired) electrons. The predicted molar refractivity (Wildman–Crippen MR) is 88.0 cm³/mol. The molecule has 1 heterocycles. The molecule has 0 unspecified atom stereocenters. The molecule has 0 aliphatic rings. The van der Waals surface area contributed by atoms with Crippen molar-refractivity contribution in [2.24, 2.45) is 0 Å². The number of halogens is 1.